The van der Waals surface area contributed by atoms with Crippen molar-refractivity contribution in [3.8, 4) is 0 Å². The summed E-state index contributed by atoms with van der Waals surface area (Å²) in [6.45, 7) is 9.11. The quantitative estimate of drug-likeness (QED) is 0.463. The number of fused-ring (bicyclic) bond motifs is 2. The number of aryl methyl sites for hydroxylation is 4. The van der Waals surface area contributed by atoms with Crippen LogP contribution >= 0.6 is 0 Å². The fourth-order valence-corrected chi connectivity index (χ4v) is 4.12. The second-order valence-electron chi connectivity index (χ2n) is 8.40. The topological polar surface area (TPSA) is 0 Å². The Bertz CT molecular complexity index is 563. The maximum absolute atomic E-state index is 3.34. The van der Waals surface area contributed by atoms with Crippen molar-refractivity contribution in [2.24, 2.45) is 0 Å². The molecule has 0 heterocycles. The van der Waals surface area contributed by atoms with Crippen molar-refractivity contribution < 1.29 is 24.2 Å². The molecule has 0 radical (unpaired) electrons. The molecule has 0 aromatic heterocycles. The van der Waals surface area contributed by atoms with E-state index in [-0.39, 0.29) is 0 Å². The molecular weight excluding hydrogens is 391 g/mol. The van der Waals surface area contributed by atoms with Crippen molar-refractivity contribution in [1.82, 2.24) is 0 Å². The van der Waals surface area contributed by atoms with Crippen LogP contribution in [0.25, 0.3) is 0 Å². The summed E-state index contributed by atoms with van der Waals surface area (Å²) in [5.41, 5.74) is 9.61. The van der Waals surface area contributed by atoms with E-state index in [4.69, 9.17) is 0 Å². The van der Waals surface area contributed by atoms with Gasteiger partial charge in [-0.05, 0) is 11.8 Å². The summed E-state index contributed by atoms with van der Waals surface area (Å²) in [7, 11) is 0. The van der Waals surface area contributed by atoms with Gasteiger partial charge in [-0.2, -0.15) is 45.5 Å². The summed E-state index contributed by atoms with van der Waals surface area (Å²) in [6, 6.07) is 9.66. The van der Waals surface area contributed by atoms with E-state index in [1.807, 2.05) is 0 Å². The molecule has 0 aliphatic heterocycles. The van der Waals surface area contributed by atoms with Gasteiger partial charge in [0.25, 0.3) is 0 Å². The van der Waals surface area contributed by atoms with E-state index < -0.39 is 0 Å². The summed E-state index contributed by atoms with van der Waals surface area (Å²) >= 11 is 1.30. The molecule has 0 nitrogen and oxygen atoms in total. The van der Waals surface area contributed by atoms with Gasteiger partial charge in [-0.1, -0.05) is 79.1 Å². The van der Waals surface area contributed by atoms with Gasteiger partial charge in [0.15, 0.2) is 0 Å². The second kappa shape index (κ2) is 10.7. The Morgan fingerprint density at radius 1 is 0.692 bits per heavy atom. The number of hydrogen-bond acceptors (Lipinski definition) is 0. The fourth-order valence-electron chi connectivity index (χ4n) is 4.12. The Labute approximate surface area is 176 Å². The molecule has 0 amide bonds. The third-order valence-corrected chi connectivity index (χ3v) is 5.81. The molecule has 1 heteroatoms. The van der Waals surface area contributed by atoms with Gasteiger partial charge in [0.2, 0.25) is 0 Å². The van der Waals surface area contributed by atoms with Crippen LogP contribution in [0, 0.1) is 0 Å². The second-order valence-corrected chi connectivity index (χ2v) is 8.40. The van der Waals surface area contributed by atoms with Crippen LogP contribution < -0.4 is 0 Å². The molecular formula is C25H36Zr. The SMILES string of the molecule is CC(C)c1cc2c([cH-]1)CCCC2.CC(C)c1cc2c([cH-]1)CCCC2.[CH2]=[Zr+2]. The Hall–Kier alpha value is -0.547. The van der Waals surface area contributed by atoms with E-state index in [9.17, 15) is 0 Å². The molecule has 0 unspecified atom stereocenters. The summed E-state index contributed by atoms with van der Waals surface area (Å²) in [4.78, 5) is 0. The first-order valence-corrected chi connectivity index (χ1v) is 12.2. The molecule has 0 bridgehead atoms. The van der Waals surface area contributed by atoms with Crippen LogP contribution in [0.4, 0.5) is 0 Å². The first-order valence-electron chi connectivity index (χ1n) is 10.5. The molecule has 0 atom stereocenters. The molecule has 0 saturated carbocycles. The van der Waals surface area contributed by atoms with Crippen molar-refractivity contribution in [2.75, 3.05) is 0 Å². The van der Waals surface area contributed by atoms with Crippen LogP contribution in [0.2, 0.25) is 0 Å². The van der Waals surface area contributed by atoms with Crippen molar-refractivity contribution in [3.63, 3.8) is 0 Å². The minimum absolute atomic E-state index is 0.704. The summed E-state index contributed by atoms with van der Waals surface area (Å²) in [6.07, 6.45) is 10.9. The predicted octanol–water partition coefficient (Wildman–Crippen LogP) is 6.78. The zero-order valence-electron chi connectivity index (χ0n) is 17.3. The predicted molar refractivity (Wildman–Crippen MR) is 113 cm³/mol. The molecule has 0 fully saturated rings. The van der Waals surface area contributed by atoms with Gasteiger partial charge in [-0.3, -0.25) is 0 Å². The third-order valence-electron chi connectivity index (χ3n) is 5.81. The van der Waals surface area contributed by atoms with Gasteiger partial charge in [0.05, 0.1) is 0 Å². The molecule has 2 aromatic rings. The Morgan fingerprint density at radius 2 is 1.04 bits per heavy atom. The van der Waals surface area contributed by atoms with Crippen LogP contribution in [-0.2, 0) is 49.9 Å². The van der Waals surface area contributed by atoms with E-state index in [1.165, 1.54) is 75.6 Å². The molecule has 4 rings (SSSR count). The Balaban J connectivity index is 0.000000171. The van der Waals surface area contributed by atoms with Crippen molar-refractivity contribution >= 4 is 4.21 Å². The van der Waals surface area contributed by atoms with Crippen LogP contribution in [0.5, 0.6) is 0 Å². The van der Waals surface area contributed by atoms with Gasteiger partial charge in [-0.25, -0.2) is 12.1 Å². The van der Waals surface area contributed by atoms with Crippen molar-refractivity contribution in [1.29, 1.82) is 0 Å². The third kappa shape index (κ3) is 5.72. The van der Waals surface area contributed by atoms with E-state index in [1.54, 1.807) is 33.4 Å². The monoisotopic (exact) mass is 426 g/mol. The van der Waals surface area contributed by atoms with E-state index in [0.717, 1.165) is 0 Å². The van der Waals surface area contributed by atoms with Gasteiger partial charge in [0, 0.05) is 0 Å². The minimum atomic E-state index is 0.704. The average molecular weight is 428 g/mol. The summed E-state index contributed by atoms with van der Waals surface area (Å²) in [5.74, 6) is 1.41. The molecule has 2 aliphatic rings. The summed E-state index contributed by atoms with van der Waals surface area (Å²) in [5, 5.41) is 0. The maximum atomic E-state index is 3.34. The molecule has 140 valence electrons. The fraction of sp³-hybridized carbons (Fsp3) is 0.560. The average Bonchev–Trinajstić information content (AvgIpc) is 3.28. The Kier molecular flexibility index (Phi) is 8.95. The zero-order chi connectivity index (χ0) is 19.1. The first-order chi connectivity index (χ1) is 12.5. The standard InChI is InChI=1S/2C12H17.CH2.Zr/c2*1-9(2)12-7-10-5-3-4-6-11(10)8-12;;/h2*7-9H,3-6H2,1-2H3;1H2;/q2*-1;;+2. The Morgan fingerprint density at radius 3 is 1.35 bits per heavy atom. The molecule has 0 N–H and O–H groups in total. The number of hydrogen-bond donors (Lipinski definition) is 0. The van der Waals surface area contributed by atoms with Crippen LogP contribution in [-0.4, -0.2) is 4.21 Å². The van der Waals surface area contributed by atoms with E-state index >= 15 is 0 Å². The number of rotatable bonds is 2. The van der Waals surface area contributed by atoms with Gasteiger partial charge >= 0.3 is 28.4 Å². The molecule has 0 saturated heterocycles. The first kappa shape index (κ1) is 21.7. The van der Waals surface area contributed by atoms with Crippen LogP contribution in [0.3, 0.4) is 0 Å². The molecule has 2 aromatic carbocycles. The normalized spacial score (nSPS) is 15.5. The van der Waals surface area contributed by atoms with Gasteiger partial charge in [0.1, 0.15) is 0 Å². The van der Waals surface area contributed by atoms with E-state index in [2.05, 4.69) is 56.2 Å². The summed E-state index contributed by atoms with van der Waals surface area (Å²) < 4.78 is 3.34. The molecule has 26 heavy (non-hydrogen) atoms. The van der Waals surface area contributed by atoms with Crippen LogP contribution in [0.15, 0.2) is 24.3 Å². The van der Waals surface area contributed by atoms with Crippen molar-refractivity contribution in [2.45, 2.75) is 90.9 Å². The van der Waals surface area contributed by atoms with Gasteiger partial charge in [-0.15, -0.1) is 0 Å². The van der Waals surface area contributed by atoms with Crippen molar-refractivity contribution in [3.05, 3.63) is 57.6 Å². The van der Waals surface area contributed by atoms with E-state index in [0.29, 0.717) is 11.8 Å². The molecule has 0 spiro atoms. The van der Waals surface area contributed by atoms with Crippen LogP contribution in [0.1, 0.15) is 98.6 Å². The molecule has 2 aliphatic carbocycles. The van der Waals surface area contributed by atoms with Gasteiger partial charge < -0.3 is 0 Å². The zero-order valence-corrected chi connectivity index (χ0v) is 19.8.